The minimum absolute atomic E-state index is 0.142. The van der Waals surface area contributed by atoms with Gasteiger partial charge in [-0.1, -0.05) is 51.1 Å². The van der Waals surface area contributed by atoms with Crippen LogP contribution in [0.5, 0.6) is 0 Å². The van der Waals surface area contributed by atoms with Crippen molar-refractivity contribution in [2.24, 2.45) is 5.41 Å². The average molecular weight is 220 g/mol. The number of Topliss-reactive ketones (excluding diaryl/α,β-unsaturated/α-hetero) is 1. The number of hydrogen-bond donors (Lipinski definition) is 0. The van der Waals surface area contributed by atoms with Gasteiger partial charge in [0, 0.05) is 5.41 Å². The third kappa shape index (κ3) is 3.78. The highest BCUT2D eigenvalue weighted by Gasteiger charge is 2.26. The molecule has 1 atom stereocenters. The van der Waals surface area contributed by atoms with Crippen molar-refractivity contribution in [3.63, 3.8) is 0 Å². The summed E-state index contributed by atoms with van der Waals surface area (Å²) in [5.41, 5.74) is 0.756. The Labute approximate surface area is 97.6 Å². The lowest BCUT2D eigenvalue weighted by Crippen LogP contribution is -2.32. The number of ether oxygens (including phenoxy) is 1. The number of ketones is 1. The van der Waals surface area contributed by atoms with Crippen LogP contribution in [0.1, 0.15) is 33.3 Å². The van der Waals surface area contributed by atoms with Gasteiger partial charge in [0.25, 0.3) is 0 Å². The van der Waals surface area contributed by atoms with Crippen LogP contribution < -0.4 is 0 Å². The quantitative estimate of drug-likeness (QED) is 0.778. The van der Waals surface area contributed by atoms with E-state index in [0.717, 1.165) is 5.56 Å². The molecule has 0 aliphatic rings. The summed E-state index contributed by atoms with van der Waals surface area (Å²) in [4.78, 5) is 11.9. The van der Waals surface area contributed by atoms with Crippen LogP contribution in [0.15, 0.2) is 30.3 Å². The van der Waals surface area contributed by atoms with Crippen LogP contribution in [-0.2, 0) is 16.1 Å². The first-order valence-electron chi connectivity index (χ1n) is 5.61. The molecule has 0 N–H and O–H groups in total. The highest BCUT2D eigenvalue weighted by atomic mass is 16.5. The van der Waals surface area contributed by atoms with E-state index in [1.165, 1.54) is 0 Å². The van der Waals surface area contributed by atoms with Crippen molar-refractivity contribution in [1.29, 1.82) is 0 Å². The topological polar surface area (TPSA) is 26.3 Å². The van der Waals surface area contributed by atoms with E-state index in [-0.39, 0.29) is 17.3 Å². The lowest BCUT2D eigenvalue weighted by atomic mass is 9.88. The zero-order valence-corrected chi connectivity index (χ0v) is 10.5. The molecule has 0 aliphatic carbocycles. The summed E-state index contributed by atoms with van der Waals surface area (Å²) in [7, 11) is 0. The monoisotopic (exact) mass is 220 g/mol. The van der Waals surface area contributed by atoms with Crippen molar-refractivity contribution in [2.45, 2.75) is 40.4 Å². The van der Waals surface area contributed by atoms with Crippen LogP contribution >= 0.6 is 0 Å². The van der Waals surface area contributed by atoms with E-state index in [0.29, 0.717) is 6.61 Å². The van der Waals surface area contributed by atoms with Crippen molar-refractivity contribution >= 4 is 5.78 Å². The second-order valence-corrected chi connectivity index (χ2v) is 5.05. The molecule has 1 aromatic rings. The summed E-state index contributed by atoms with van der Waals surface area (Å²) in [5, 5.41) is 0. The maximum absolute atomic E-state index is 11.9. The lowest BCUT2D eigenvalue weighted by molar-refractivity contribution is -0.138. The Hall–Kier alpha value is -1.15. The molecule has 0 spiro atoms. The minimum atomic E-state index is -0.347. The van der Waals surface area contributed by atoms with Crippen molar-refractivity contribution in [1.82, 2.24) is 0 Å². The Morgan fingerprint density at radius 3 is 2.31 bits per heavy atom. The Balaban J connectivity index is 2.48. The lowest BCUT2D eigenvalue weighted by Gasteiger charge is -2.22. The van der Waals surface area contributed by atoms with Gasteiger partial charge < -0.3 is 4.74 Å². The summed E-state index contributed by atoms with van der Waals surface area (Å²) in [6, 6.07) is 9.89. The van der Waals surface area contributed by atoms with Gasteiger partial charge in [-0.3, -0.25) is 4.79 Å². The molecule has 0 saturated heterocycles. The molecule has 88 valence electrons. The Kier molecular flexibility index (Phi) is 4.25. The van der Waals surface area contributed by atoms with Crippen LogP contribution in [0.2, 0.25) is 0 Å². The summed E-state index contributed by atoms with van der Waals surface area (Å²) in [5.74, 6) is 0.142. The molecule has 0 heterocycles. The molecular weight excluding hydrogens is 200 g/mol. The van der Waals surface area contributed by atoms with Crippen molar-refractivity contribution < 1.29 is 9.53 Å². The van der Waals surface area contributed by atoms with E-state index in [4.69, 9.17) is 4.74 Å². The van der Waals surface area contributed by atoms with E-state index in [1.807, 2.05) is 58.0 Å². The molecule has 0 aromatic heterocycles. The third-order valence-electron chi connectivity index (χ3n) is 2.45. The van der Waals surface area contributed by atoms with Gasteiger partial charge in [0.05, 0.1) is 6.61 Å². The molecule has 0 fully saturated rings. The van der Waals surface area contributed by atoms with Gasteiger partial charge in [0.15, 0.2) is 5.78 Å². The maximum Gasteiger partial charge on any atom is 0.166 e. The molecule has 0 unspecified atom stereocenters. The van der Waals surface area contributed by atoms with Gasteiger partial charge >= 0.3 is 0 Å². The molecular formula is C14H20O2. The highest BCUT2D eigenvalue weighted by Crippen LogP contribution is 2.18. The van der Waals surface area contributed by atoms with Crippen molar-refractivity contribution in [3.8, 4) is 0 Å². The van der Waals surface area contributed by atoms with Gasteiger partial charge in [-0.25, -0.2) is 0 Å². The van der Waals surface area contributed by atoms with Crippen molar-refractivity contribution in [3.05, 3.63) is 35.9 Å². The van der Waals surface area contributed by atoms with Crippen LogP contribution in [0.3, 0.4) is 0 Å². The standard InChI is InChI=1S/C14H20O2/c1-11(13(15)14(2,3)4)16-10-12-8-6-5-7-9-12/h5-9,11H,10H2,1-4H3/t11-/m0/s1. The molecule has 16 heavy (non-hydrogen) atoms. The fraction of sp³-hybridized carbons (Fsp3) is 0.500. The molecule has 0 amide bonds. The predicted molar refractivity (Wildman–Crippen MR) is 65.2 cm³/mol. The fourth-order valence-corrected chi connectivity index (χ4v) is 1.48. The minimum Gasteiger partial charge on any atom is -0.366 e. The Bertz CT molecular complexity index is 336. The second-order valence-electron chi connectivity index (χ2n) is 5.05. The van der Waals surface area contributed by atoms with E-state index in [9.17, 15) is 4.79 Å². The van der Waals surface area contributed by atoms with Gasteiger partial charge in [-0.2, -0.15) is 0 Å². The first kappa shape index (κ1) is 12.9. The molecule has 2 heteroatoms. The van der Waals surface area contributed by atoms with E-state index < -0.39 is 0 Å². The van der Waals surface area contributed by atoms with E-state index >= 15 is 0 Å². The third-order valence-corrected chi connectivity index (χ3v) is 2.45. The number of carbonyl (C=O) groups excluding carboxylic acids is 1. The van der Waals surface area contributed by atoms with Gasteiger partial charge in [-0.05, 0) is 12.5 Å². The number of carbonyl (C=O) groups is 1. The number of hydrogen-bond acceptors (Lipinski definition) is 2. The predicted octanol–water partition coefficient (Wildman–Crippen LogP) is 3.21. The summed E-state index contributed by atoms with van der Waals surface area (Å²) in [6.45, 7) is 8.05. The van der Waals surface area contributed by atoms with Gasteiger partial charge in [-0.15, -0.1) is 0 Å². The normalized spacial score (nSPS) is 13.5. The first-order chi connectivity index (χ1) is 7.41. The molecule has 0 aliphatic heterocycles. The Morgan fingerprint density at radius 2 is 1.81 bits per heavy atom. The number of rotatable bonds is 4. The number of benzene rings is 1. The second kappa shape index (κ2) is 5.26. The van der Waals surface area contributed by atoms with E-state index in [2.05, 4.69) is 0 Å². The zero-order chi connectivity index (χ0) is 12.2. The Morgan fingerprint density at radius 1 is 1.25 bits per heavy atom. The van der Waals surface area contributed by atoms with Crippen LogP contribution in [-0.4, -0.2) is 11.9 Å². The zero-order valence-electron chi connectivity index (χ0n) is 10.5. The highest BCUT2D eigenvalue weighted by molar-refractivity contribution is 5.87. The van der Waals surface area contributed by atoms with Crippen LogP contribution in [0.4, 0.5) is 0 Å². The SMILES string of the molecule is C[C@H](OCc1ccccc1)C(=O)C(C)(C)C. The first-order valence-corrected chi connectivity index (χ1v) is 5.61. The summed E-state index contributed by atoms with van der Waals surface area (Å²) >= 11 is 0. The molecule has 2 nitrogen and oxygen atoms in total. The van der Waals surface area contributed by atoms with Gasteiger partial charge in [0.2, 0.25) is 0 Å². The van der Waals surface area contributed by atoms with Crippen LogP contribution in [0, 0.1) is 5.41 Å². The molecule has 1 aromatic carbocycles. The molecule has 0 saturated carbocycles. The van der Waals surface area contributed by atoms with E-state index in [1.54, 1.807) is 0 Å². The molecule has 0 bridgehead atoms. The summed E-state index contributed by atoms with van der Waals surface area (Å²) < 4.78 is 5.57. The smallest absolute Gasteiger partial charge is 0.166 e. The summed E-state index contributed by atoms with van der Waals surface area (Å²) in [6.07, 6.45) is -0.347. The molecule has 0 radical (unpaired) electrons. The maximum atomic E-state index is 11.9. The van der Waals surface area contributed by atoms with Crippen LogP contribution in [0.25, 0.3) is 0 Å². The molecule has 1 rings (SSSR count). The average Bonchev–Trinajstić information content (AvgIpc) is 2.25. The fourth-order valence-electron chi connectivity index (χ4n) is 1.48. The van der Waals surface area contributed by atoms with Crippen molar-refractivity contribution in [2.75, 3.05) is 0 Å². The van der Waals surface area contributed by atoms with Gasteiger partial charge in [0.1, 0.15) is 6.10 Å². The largest absolute Gasteiger partial charge is 0.366 e.